The number of rotatable bonds is 4. The minimum Gasteiger partial charge on any atom is -0.369 e. The summed E-state index contributed by atoms with van der Waals surface area (Å²) >= 11 is 3.63. The molecule has 0 bridgehead atoms. The van der Waals surface area contributed by atoms with Crippen LogP contribution in [0.1, 0.15) is 18.5 Å². The number of anilines is 1. The highest BCUT2D eigenvalue weighted by molar-refractivity contribution is 9.10. The van der Waals surface area contributed by atoms with Gasteiger partial charge in [0.1, 0.15) is 0 Å². The van der Waals surface area contributed by atoms with Gasteiger partial charge in [-0.05, 0) is 31.7 Å². The lowest BCUT2D eigenvalue weighted by Gasteiger charge is -2.35. The maximum absolute atomic E-state index is 11.5. The normalized spacial score (nSPS) is 18.8. The first kappa shape index (κ1) is 16.7. The molecule has 5 nitrogen and oxygen atoms in total. The van der Waals surface area contributed by atoms with Crippen LogP contribution in [0.4, 0.5) is 5.69 Å². The van der Waals surface area contributed by atoms with E-state index in [2.05, 4.69) is 51.3 Å². The Balaban J connectivity index is 2.09. The van der Waals surface area contributed by atoms with E-state index in [1.54, 1.807) is 0 Å². The predicted molar refractivity (Wildman–Crippen MR) is 90.2 cm³/mol. The molecule has 1 aromatic carbocycles. The van der Waals surface area contributed by atoms with Crippen molar-refractivity contribution in [2.45, 2.75) is 13.0 Å². The van der Waals surface area contributed by atoms with Crippen molar-refractivity contribution in [2.24, 2.45) is 0 Å². The summed E-state index contributed by atoms with van der Waals surface area (Å²) in [5.41, 5.74) is 2.35. The van der Waals surface area contributed by atoms with Crippen LogP contribution >= 0.6 is 15.9 Å². The van der Waals surface area contributed by atoms with Crippen LogP contribution in [0.15, 0.2) is 22.7 Å². The molecule has 0 radical (unpaired) electrons. The third kappa shape index (κ3) is 3.97. The third-order valence-corrected chi connectivity index (χ3v) is 5.95. The lowest BCUT2D eigenvalue weighted by atomic mass is 10.1. The van der Waals surface area contributed by atoms with Crippen molar-refractivity contribution < 1.29 is 8.42 Å². The Morgan fingerprint density at radius 3 is 2.33 bits per heavy atom. The molecule has 118 valence electrons. The van der Waals surface area contributed by atoms with Crippen LogP contribution in [-0.2, 0) is 10.0 Å². The van der Waals surface area contributed by atoms with Crippen LogP contribution in [0.2, 0.25) is 0 Å². The van der Waals surface area contributed by atoms with Crippen LogP contribution in [0.25, 0.3) is 0 Å². The van der Waals surface area contributed by atoms with E-state index in [-0.39, 0.29) is 6.04 Å². The summed E-state index contributed by atoms with van der Waals surface area (Å²) in [7, 11) is -1.13. The number of benzene rings is 1. The Bertz CT molecular complexity index is 598. The van der Waals surface area contributed by atoms with E-state index in [0.717, 1.165) is 23.2 Å². The van der Waals surface area contributed by atoms with E-state index in [9.17, 15) is 8.42 Å². The van der Waals surface area contributed by atoms with E-state index < -0.39 is 10.0 Å². The van der Waals surface area contributed by atoms with Gasteiger partial charge in [-0.2, -0.15) is 4.31 Å². The van der Waals surface area contributed by atoms with Crippen molar-refractivity contribution in [1.82, 2.24) is 9.62 Å². The zero-order valence-corrected chi connectivity index (χ0v) is 15.0. The average molecular weight is 376 g/mol. The smallest absolute Gasteiger partial charge is 0.211 e. The summed E-state index contributed by atoms with van der Waals surface area (Å²) in [5, 5.41) is 3.23. The minimum absolute atomic E-state index is 0.288. The van der Waals surface area contributed by atoms with Gasteiger partial charge in [0.2, 0.25) is 10.0 Å². The largest absolute Gasteiger partial charge is 0.369 e. The monoisotopic (exact) mass is 375 g/mol. The Hall–Kier alpha value is -0.630. The highest BCUT2D eigenvalue weighted by Gasteiger charge is 2.23. The maximum atomic E-state index is 11.5. The van der Waals surface area contributed by atoms with Gasteiger partial charge in [-0.3, -0.25) is 0 Å². The molecule has 1 aliphatic rings. The average Bonchev–Trinajstić information content (AvgIpc) is 2.45. The summed E-state index contributed by atoms with van der Waals surface area (Å²) in [4.78, 5) is 2.22. The number of nitrogens with one attached hydrogen (secondary N) is 1. The fourth-order valence-corrected chi connectivity index (χ4v) is 4.03. The summed E-state index contributed by atoms with van der Waals surface area (Å²) < 4.78 is 25.7. The minimum atomic E-state index is -3.07. The summed E-state index contributed by atoms with van der Waals surface area (Å²) in [5.74, 6) is 0. The van der Waals surface area contributed by atoms with Crippen LogP contribution < -0.4 is 10.2 Å². The second-order valence-corrected chi connectivity index (χ2v) is 8.20. The maximum Gasteiger partial charge on any atom is 0.211 e. The summed E-state index contributed by atoms with van der Waals surface area (Å²) in [6.45, 7) is 4.65. The molecule has 0 spiro atoms. The molecular weight excluding hydrogens is 354 g/mol. The first-order valence-corrected chi connectivity index (χ1v) is 9.64. The summed E-state index contributed by atoms with van der Waals surface area (Å²) in [6, 6.07) is 6.61. The molecule has 0 saturated carbocycles. The topological polar surface area (TPSA) is 52.6 Å². The van der Waals surface area contributed by atoms with Crippen LogP contribution in [0.3, 0.4) is 0 Å². The number of sulfonamides is 1. The molecule has 21 heavy (non-hydrogen) atoms. The molecule has 1 saturated heterocycles. The standard InChI is InChI=1S/C14H22BrN3O2S/c1-11(16-2)13-5-4-12(10-14(13)15)17-6-8-18(9-7-17)21(3,19)20/h4-5,10-11,16H,6-9H2,1-3H3. The van der Waals surface area contributed by atoms with Gasteiger partial charge in [-0.15, -0.1) is 0 Å². The second kappa shape index (κ2) is 6.64. The molecular formula is C14H22BrN3O2S. The number of hydrogen-bond donors (Lipinski definition) is 1. The van der Waals surface area contributed by atoms with Gasteiger partial charge in [0.15, 0.2) is 0 Å². The zero-order valence-electron chi connectivity index (χ0n) is 12.6. The van der Waals surface area contributed by atoms with Gasteiger partial charge >= 0.3 is 0 Å². The zero-order chi connectivity index (χ0) is 15.6. The molecule has 1 fully saturated rings. The lowest BCUT2D eigenvalue weighted by Crippen LogP contribution is -2.48. The highest BCUT2D eigenvalue weighted by Crippen LogP contribution is 2.28. The Morgan fingerprint density at radius 1 is 1.24 bits per heavy atom. The van der Waals surface area contributed by atoms with Crippen LogP contribution in [0, 0.1) is 0 Å². The molecule has 0 aromatic heterocycles. The van der Waals surface area contributed by atoms with Gasteiger partial charge in [0.25, 0.3) is 0 Å². The first-order chi connectivity index (χ1) is 9.82. The fraction of sp³-hybridized carbons (Fsp3) is 0.571. The quantitative estimate of drug-likeness (QED) is 0.871. The Morgan fingerprint density at radius 2 is 1.86 bits per heavy atom. The molecule has 1 unspecified atom stereocenters. The lowest BCUT2D eigenvalue weighted by molar-refractivity contribution is 0.388. The van der Waals surface area contributed by atoms with E-state index in [1.807, 2.05) is 7.05 Å². The van der Waals surface area contributed by atoms with E-state index in [4.69, 9.17) is 0 Å². The SMILES string of the molecule is CNC(C)c1ccc(N2CCN(S(C)(=O)=O)CC2)cc1Br. The number of piperazine rings is 1. The molecule has 7 heteroatoms. The van der Waals surface area contributed by atoms with Gasteiger partial charge in [-0.25, -0.2) is 8.42 Å². The van der Waals surface area contributed by atoms with E-state index in [0.29, 0.717) is 13.1 Å². The second-order valence-electron chi connectivity index (χ2n) is 5.37. The van der Waals surface area contributed by atoms with Crippen molar-refractivity contribution in [1.29, 1.82) is 0 Å². The van der Waals surface area contributed by atoms with Crippen molar-refractivity contribution in [3.05, 3.63) is 28.2 Å². The molecule has 1 aromatic rings. The number of nitrogens with zero attached hydrogens (tertiary/aromatic N) is 2. The fourth-order valence-electron chi connectivity index (χ4n) is 2.50. The molecule has 1 N–H and O–H groups in total. The molecule has 1 atom stereocenters. The molecule has 2 rings (SSSR count). The van der Waals surface area contributed by atoms with Gasteiger partial charge in [-0.1, -0.05) is 22.0 Å². The number of halogens is 1. The molecule has 1 aliphatic heterocycles. The molecule has 0 amide bonds. The summed E-state index contributed by atoms with van der Waals surface area (Å²) in [6.07, 6.45) is 1.27. The van der Waals surface area contributed by atoms with E-state index in [1.165, 1.54) is 16.1 Å². The first-order valence-electron chi connectivity index (χ1n) is 6.99. The third-order valence-electron chi connectivity index (χ3n) is 3.96. The molecule has 1 heterocycles. The van der Waals surface area contributed by atoms with Gasteiger partial charge in [0, 0.05) is 42.4 Å². The Kier molecular flexibility index (Phi) is 5.29. The number of hydrogen-bond acceptors (Lipinski definition) is 4. The van der Waals surface area contributed by atoms with Gasteiger partial charge in [0.05, 0.1) is 6.26 Å². The van der Waals surface area contributed by atoms with Crippen molar-refractivity contribution >= 4 is 31.6 Å². The van der Waals surface area contributed by atoms with Crippen LogP contribution in [0.5, 0.6) is 0 Å². The van der Waals surface area contributed by atoms with E-state index >= 15 is 0 Å². The Labute approximate surface area is 135 Å². The van der Waals surface area contributed by atoms with Crippen molar-refractivity contribution in [2.75, 3.05) is 44.4 Å². The molecule has 0 aliphatic carbocycles. The van der Waals surface area contributed by atoms with Crippen LogP contribution in [-0.4, -0.2) is 52.2 Å². The van der Waals surface area contributed by atoms with Gasteiger partial charge < -0.3 is 10.2 Å². The predicted octanol–water partition coefficient (Wildman–Crippen LogP) is 1.81. The van der Waals surface area contributed by atoms with Crippen molar-refractivity contribution in [3.8, 4) is 0 Å². The van der Waals surface area contributed by atoms with Crippen molar-refractivity contribution in [3.63, 3.8) is 0 Å². The highest BCUT2D eigenvalue weighted by atomic mass is 79.9.